The van der Waals surface area contributed by atoms with E-state index in [4.69, 9.17) is 9.47 Å². The van der Waals surface area contributed by atoms with Crippen LogP contribution in [0.25, 0.3) is 0 Å². The fraction of sp³-hybridized carbons (Fsp3) is 0.400. The summed E-state index contributed by atoms with van der Waals surface area (Å²) in [7, 11) is 0. The largest absolute Gasteiger partial charge is 0.486 e. The lowest BCUT2D eigenvalue weighted by atomic mass is 9.88. The third-order valence-corrected chi connectivity index (χ3v) is 6.06. The summed E-state index contributed by atoms with van der Waals surface area (Å²) < 4.78 is 11.1. The Kier molecular flexibility index (Phi) is 6.73. The van der Waals surface area contributed by atoms with Crippen LogP contribution in [0.5, 0.6) is 11.5 Å². The van der Waals surface area contributed by atoms with Gasteiger partial charge in [0.05, 0.1) is 0 Å². The molecule has 0 spiro atoms. The number of hydrogen-bond donors (Lipinski definition) is 1. The van der Waals surface area contributed by atoms with Gasteiger partial charge in [-0.05, 0) is 49.6 Å². The first kappa shape index (κ1) is 21.9. The van der Waals surface area contributed by atoms with Gasteiger partial charge in [-0.3, -0.25) is 14.4 Å². The molecule has 7 heteroatoms. The molecule has 168 valence electrons. The first-order valence-corrected chi connectivity index (χ1v) is 11.1. The van der Waals surface area contributed by atoms with Gasteiger partial charge in [0.1, 0.15) is 13.2 Å². The number of hydrogen-bond acceptors (Lipinski definition) is 5. The van der Waals surface area contributed by atoms with Gasteiger partial charge >= 0.3 is 0 Å². The Morgan fingerprint density at radius 1 is 1.00 bits per heavy atom. The van der Waals surface area contributed by atoms with Crippen molar-refractivity contribution in [3.63, 3.8) is 0 Å². The summed E-state index contributed by atoms with van der Waals surface area (Å²) >= 11 is 0. The molecule has 0 bridgehead atoms. The van der Waals surface area contributed by atoms with Gasteiger partial charge in [-0.1, -0.05) is 18.2 Å². The number of carbonyl (C=O) groups excluding carboxylic acids is 3. The number of nitrogens with zero attached hydrogens (tertiary/aromatic N) is 1. The van der Waals surface area contributed by atoms with E-state index < -0.39 is 0 Å². The fourth-order valence-electron chi connectivity index (χ4n) is 4.19. The maximum absolute atomic E-state index is 12.9. The van der Waals surface area contributed by atoms with Gasteiger partial charge < -0.3 is 19.7 Å². The summed E-state index contributed by atoms with van der Waals surface area (Å²) in [6.45, 7) is 4.27. The number of ether oxygens (including phenoxy) is 2. The highest BCUT2D eigenvalue weighted by Gasteiger charge is 2.28. The van der Waals surface area contributed by atoms with Gasteiger partial charge in [0.25, 0.3) is 5.91 Å². The van der Waals surface area contributed by atoms with Crippen LogP contribution in [-0.4, -0.2) is 55.3 Å². The number of aryl methyl sites for hydroxylation is 1. The van der Waals surface area contributed by atoms with Crippen LogP contribution in [0, 0.1) is 12.8 Å². The van der Waals surface area contributed by atoms with Gasteiger partial charge in [-0.15, -0.1) is 0 Å². The number of piperidine rings is 1. The van der Waals surface area contributed by atoms with Crippen LogP contribution in [0.4, 0.5) is 0 Å². The normalized spacial score (nSPS) is 15.8. The van der Waals surface area contributed by atoms with Gasteiger partial charge in [0.2, 0.25) is 5.91 Å². The molecule has 0 aliphatic carbocycles. The van der Waals surface area contributed by atoms with E-state index in [2.05, 4.69) is 5.32 Å². The third-order valence-electron chi connectivity index (χ3n) is 6.06. The number of likely N-dealkylation sites (tertiary alicyclic amines) is 1. The monoisotopic (exact) mass is 436 g/mol. The van der Waals surface area contributed by atoms with Gasteiger partial charge in [-0.2, -0.15) is 0 Å². The number of benzene rings is 2. The number of amides is 2. The van der Waals surface area contributed by atoms with Crippen LogP contribution in [0.2, 0.25) is 0 Å². The van der Waals surface area contributed by atoms with Crippen LogP contribution >= 0.6 is 0 Å². The van der Waals surface area contributed by atoms with Crippen molar-refractivity contribution in [3.05, 3.63) is 59.2 Å². The van der Waals surface area contributed by atoms with Crippen LogP contribution < -0.4 is 14.8 Å². The standard InChI is InChI=1S/C25H28N2O5/c1-17-4-2-3-5-20(17)25(30)26-11-8-23(28)27-12-9-18(10-13-27)24(29)19-6-7-21-22(16-19)32-15-14-31-21/h2-7,16,18H,8-15H2,1H3,(H,26,30). The molecule has 0 saturated carbocycles. The molecule has 4 rings (SSSR count). The zero-order chi connectivity index (χ0) is 22.5. The first-order valence-electron chi connectivity index (χ1n) is 11.1. The topological polar surface area (TPSA) is 84.9 Å². The summed E-state index contributed by atoms with van der Waals surface area (Å²) in [6.07, 6.45) is 1.52. The molecule has 2 amide bonds. The summed E-state index contributed by atoms with van der Waals surface area (Å²) in [6, 6.07) is 12.7. The molecule has 1 N–H and O–H groups in total. The minimum atomic E-state index is -0.167. The number of rotatable bonds is 6. The minimum Gasteiger partial charge on any atom is -0.486 e. The van der Waals surface area contributed by atoms with Crippen molar-refractivity contribution in [2.75, 3.05) is 32.8 Å². The predicted octanol–water partition coefficient (Wildman–Crippen LogP) is 3.01. The molecule has 2 aliphatic heterocycles. The van der Waals surface area contributed by atoms with Crippen molar-refractivity contribution in [1.29, 1.82) is 0 Å². The van der Waals surface area contributed by atoms with Crippen molar-refractivity contribution in [2.24, 2.45) is 5.92 Å². The summed E-state index contributed by atoms with van der Waals surface area (Å²) in [4.78, 5) is 39.5. The summed E-state index contributed by atoms with van der Waals surface area (Å²) in [5, 5.41) is 2.82. The maximum Gasteiger partial charge on any atom is 0.251 e. The number of ketones is 1. The van der Waals surface area contributed by atoms with E-state index in [-0.39, 0.29) is 29.9 Å². The zero-order valence-electron chi connectivity index (χ0n) is 18.3. The van der Waals surface area contributed by atoms with E-state index in [1.807, 2.05) is 25.1 Å². The fourth-order valence-corrected chi connectivity index (χ4v) is 4.19. The molecule has 0 aromatic heterocycles. The van der Waals surface area contributed by atoms with Gasteiger partial charge in [0, 0.05) is 43.1 Å². The minimum absolute atomic E-state index is 0.000289. The number of carbonyl (C=O) groups is 3. The van der Waals surface area contributed by atoms with Crippen molar-refractivity contribution < 1.29 is 23.9 Å². The second kappa shape index (κ2) is 9.85. The second-order valence-corrected chi connectivity index (χ2v) is 8.20. The highest BCUT2D eigenvalue weighted by Crippen LogP contribution is 2.32. The molecule has 2 aromatic carbocycles. The van der Waals surface area contributed by atoms with Crippen LogP contribution in [0.15, 0.2) is 42.5 Å². The smallest absolute Gasteiger partial charge is 0.251 e. The van der Waals surface area contributed by atoms with E-state index in [0.29, 0.717) is 68.3 Å². The van der Waals surface area contributed by atoms with E-state index in [0.717, 1.165) is 5.56 Å². The zero-order valence-corrected chi connectivity index (χ0v) is 18.3. The van der Waals surface area contributed by atoms with E-state index in [1.54, 1.807) is 29.2 Å². The van der Waals surface area contributed by atoms with Crippen molar-refractivity contribution in [1.82, 2.24) is 10.2 Å². The van der Waals surface area contributed by atoms with Crippen molar-refractivity contribution in [3.8, 4) is 11.5 Å². The van der Waals surface area contributed by atoms with Crippen LogP contribution in [0.1, 0.15) is 45.5 Å². The second-order valence-electron chi connectivity index (χ2n) is 8.20. The Labute approximate surface area is 187 Å². The lowest BCUT2D eigenvalue weighted by Crippen LogP contribution is -2.41. The van der Waals surface area contributed by atoms with Crippen molar-refractivity contribution in [2.45, 2.75) is 26.2 Å². The Morgan fingerprint density at radius 2 is 1.72 bits per heavy atom. The molecule has 1 saturated heterocycles. The molecule has 0 unspecified atom stereocenters. The molecule has 2 aliphatic rings. The molecule has 32 heavy (non-hydrogen) atoms. The third kappa shape index (κ3) is 4.93. The molecule has 7 nitrogen and oxygen atoms in total. The van der Waals surface area contributed by atoms with E-state index in [1.165, 1.54) is 0 Å². The van der Waals surface area contributed by atoms with Crippen LogP contribution in [0.3, 0.4) is 0 Å². The maximum atomic E-state index is 12.9. The Hall–Kier alpha value is -3.35. The average molecular weight is 437 g/mol. The molecule has 2 aromatic rings. The Morgan fingerprint density at radius 3 is 2.47 bits per heavy atom. The lowest BCUT2D eigenvalue weighted by Gasteiger charge is -2.31. The summed E-state index contributed by atoms with van der Waals surface area (Å²) in [5.74, 6) is 1.09. The van der Waals surface area contributed by atoms with Crippen molar-refractivity contribution >= 4 is 17.6 Å². The molecular weight excluding hydrogens is 408 g/mol. The molecule has 0 radical (unpaired) electrons. The quantitative estimate of drug-likeness (QED) is 0.704. The molecule has 1 fully saturated rings. The SMILES string of the molecule is Cc1ccccc1C(=O)NCCC(=O)N1CCC(C(=O)c2ccc3c(c2)OCCO3)CC1. The van der Waals surface area contributed by atoms with E-state index in [9.17, 15) is 14.4 Å². The Balaban J connectivity index is 1.23. The Bertz CT molecular complexity index is 1010. The first-order chi connectivity index (χ1) is 15.5. The number of fused-ring (bicyclic) bond motifs is 1. The predicted molar refractivity (Wildman–Crippen MR) is 119 cm³/mol. The highest BCUT2D eigenvalue weighted by atomic mass is 16.6. The van der Waals surface area contributed by atoms with E-state index >= 15 is 0 Å². The van der Waals surface area contributed by atoms with Gasteiger partial charge in [-0.25, -0.2) is 0 Å². The number of Topliss-reactive ketones (excluding diaryl/α,β-unsaturated/α-hetero) is 1. The average Bonchev–Trinajstić information content (AvgIpc) is 2.83. The highest BCUT2D eigenvalue weighted by molar-refractivity contribution is 5.98. The van der Waals surface area contributed by atoms with Crippen LogP contribution in [-0.2, 0) is 4.79 Å². The summed E-state index contributed by atoms with van der Waals surface area (Å²) in [5.41, 5.74) is 2.15. The molecule has 2 heterocycles. The molecule has 0 atom stereocenters. The van der Waals surface area contributed by atoms with Gasteiger partial charge in [0.15, 0.2) is 17.3 Å². The number of nitrogens with one attached hydrogen (secondary N) is 1. The lowest BCUT2D eigenvalue weighted by molar-refractivity contribution is -0.132. The molecular formula is C25H28N2O5.